The zero-order valence-corrected chi connectivity index (χ0v) is 13.2. The van der Waals surface area contributed by atoms with Gasteiger partial charge in [-0.15, -0.1) is 0 Å². The monoisotopic (exact) mass is 316 g/mol. The lowest BCUT2D eigenvalue weighted by atomic mass is 9.82. The first kappa shape index (κ1) is 16.7. The summed E-state index contributed by atoms with van der Waals surface area (Å²) in [5.41, 5.74) is -0.0503. The molecule has 0 saturated heterocycles. The van der Waals surface area contributed by atoms with Crippen LogP contribution in [0.4, 0.5) is 0 Å². The summed E-state index contributed by atoms with van der Waals surface area (Å²) in [7, 11) is 0. The van der Waals surface area contributed by atoms with E-state index in [1.165, 1.54) is 6.26 Å². The fourth-order valence-corrected chi connectivity index (χ4v) is 2.31. The average Bonchev–Trinajstić information content (AvgIpc) is 3.06. The van der Waals surface area contributed by atoms with E-state index in [0.717, 1.165) is 5.56 Å². The Balaban J connectivity index is 2.07. The molecule has 1 heterocycles. The predicted molar refractivity (Wildman–Crippen MR) is 84.9 cm³/mol. The maximum Gasteiger partial charge on any atom is 0.311 e. The fraction of sp³-hybridized carbons (Fsp3) is 0.353. The Hall–Kier alpha value is -2.63. The van der Waals surface area contributed by atoms with Crippen LogP contribution in [0.15, 0.2) is 41.0 Å². The van der Waals surface area contributed by atoms with E-state index in [4.69, 9.17) is 4.42 Å². The Morgan fingerprint density at radius 2 is 1.87 bits per heavy atom. The molecule has 6 heteroatoms. The summed E-state index contributed by atoms with van der Waals surface area (Å²) >= 11 is 0. The van der Waals surface area contributed by atoms with Gasteiger partial charge >= 0.3 is 5.97 Å². The van der Waals surface area contributed by atoms with Crippen LogP contribution >= 0.6 is 0 Å². The van der Waals surface area contributed by atoms with Crippen molar-refractivity contribution in [3.8, 4) is 11.5 Å². The summed E-state index contributed by atoms with van der Waals surface area (Å²) in [6.07, 6.45) is 2.15. The second-order valence-electron chi connectivity index (χ2n) is 5.38. The van der Waals surface area contributed by atoms with Crippen LogP contribution in [0.2, 0.25) is 0 Å². The quantitative estimate of drug-likeness (QED) is 0.819. The maximum atomic E-state index is 12.2. The molecule has 0 radical (unpaired) electrons. The van der Waals surface area contributed by atoms with Gasteiger partial charge in [-0.1, -0.05) is 32.0 Å². The Morgan fingerprint density at radius 3 is 2.43 bits per heavy atom. The number of carboxylic acids is 1. The number of nitrogens with one attached hydrogen (secondary N) is 1. The van der Waals surface area contributed by atoms with Crippen LogP contribution in [-0.4, -0.2) is 28.5 Å². The van der Waals surface area contributed by atoms with Crippen LogP contribution in [0.5, 0.6) is 0 Å². The van der Waals surface area contributed by atoms with Crippen LogP contribution in [0.3, 0.4) is 0 Å². The predicted octanol–water partition coefficient (Wildman–Crippen LogP) is 2.96. The molecule has 0 atom stereocenters. The van der Waals surface area contributed by atoms with Gasteiger partial charge in [0, 0.05) is 12.1 Å². The molecule has 2 rings (SSSR count). The molecule has 23 heavy (non-hydrogen) atoms. The van der Waals surface area contributed by atoms with Crippen LogP contribution in [-0.2, 0) is 4.79 Å². The highest BCUT2D eigenvalue weighted by Crippen LogP contribution is 2.26. The number of rotatable bonds is 7. The molecule has 1 aromatic carbocycles. The number of aliphatic carboxylic acids is 1. The van der Waals surface area contributed by atoms with Crippen molar-refractivity contribution >= 4 is 11.9 Å². The second-order valence-corrected chi connectivity index (χ2v) is 5.38. The summed E-state index contributed by atoms with van der Waals surface area (Å²) < 4.78 is 5.32. The highest BCUT2D eigenvalue weighted by Gasteiger charge is 2.35. The molecular weight excluding hydrogens is 296 g/mol. The van der Waals surface area contributed by atoms with Crippen LogP contribution in [0, 0.1) is 5.41 Å². The van der Waals surface area contributed by atoms with Gasteiger partial charge in [-0.05, 0) is 25.0 Å². The fourth-order valence-electron chi connectivity index (χ4n) is 2.31. The van der Waals surface area contributed by atoms with Gasteiger partial charge in [0.25, 0.3) is 5.91 Å². The largest absolute Gasteiger partial charge is 0.481 e. The summed E-state index contributed by atoms with van der Waals surface area (Å²) in [4.78, 5) is 27.8. The van der Waals surface area contributed by atoms with Crippen molar-refractivity contribution in [2.24, 2.45) is 5.41 Å². The number of carbonyl (C=O) groups is 2. The SMILES string of the molecule is CCC(CC)(CNC(=O)c1coc(-c2ccccc2)n1)C(=O)O. The van der Waals surface area contributed by atoms with Gasteiger partial charge in [-0.25, -0.2) is 4.98 Å². The first-order chi connectivity index (χ1) is 11.0. The van der Waals surface area contributed by atoms with Crippen molar-refractivity contribution in [3.05, 3.63) is 42.3 Å². The van der Waals surface area contributed by atoms with E-state index in [9.17, 15) is 14.7 Å². The number of oxazole rings is 1. The molecule has 0 aliphatic carbocycles. The number of hydrogen-bond acceptors (Lipinski definition) is 4. The third-order valence-electron chi connectivity index (χ3n) is 4.15. The normalized spacial score (nSPS) is 11.2. The number of hydrogen-bond donors (Lipinski definition) is 2. The maximum absolute atomic E-state index is 12.2. The van der Waals surface area contributed by atoms with Crippen molar-refractivity contribution in [2.75, 3.05) is 6.54 Å². The molecule has 2 aromatic rings. The molecule has 1 aromatic heterocycles. The lowest BCUT2D eigenvalue weighted by Crippen LogP contribution is -2.42. The summed E-state index contributed by atoms with van der Waals surface area (Å²) in [6, 6.07) is 9.24. The molecular formula is C17H20N2O4. The van der Waals surface area contributed by atoms with E-state index in [-0.39, 0.29) is 12.2 Å². The third-order valence-corrected chi connectivity index (χ3v) is 4.15. The van der Waals surface area contributed by atoms with E-state index in [2.05, 4.69) is 10.3 Å². The number of benzene rings is 1. The zero-order valence-electron chi connectivity index (χ0n) is 13.2. The molecule has 2 N–H and O–H groups in total. The van der Waals surface area contributed by atoms with Crippen molar-refractivity contribution in [2.45, 2.75) is 26.7 Å². The smallest absolute Gasteiger partial charge is 0.311 e. The van der Waals surface area contributed by atoms with Crippen molar-refractivity contribution in [1.29, 1.82) is 0 Å². The molecule has 0 spiro atoms. The van der Waals surface area contributed by atoms with Crippen molar-refractivity contribution in [1.82, 2.24) is 10.3 Å². The molecule has 0 aliphatic rings. The highest BCUT2D eigenvalue weighted by atomic mass is 16.4. The summed E-state index contributed by atoms with van der Waals surface area (Å²) in [5.74, 6) is -0.998. The first-order valence-corrected chi connectivity index (χ1v) is 7.55. The highest BCUT2D eigenvalue weighted by molar-refractivity contribution is 5.92. The van der Waals surface area contributed by atoms with Crippen LogP contribution in [0.1, 0.15) is 37.2 Å². The minimum Gasteiger partial charge on any atom is -0.481 e. The van der Waals surface area contributed by atoms with Crippen LogP contribution in [0.25, 0.3) is 11.5 Å². The van der Waals surface area contributed by atoms with Gasteiger partial charge < -0.3 is 14.8 Å². The van der Waals surface area contributed by atoms with E-state index in [0.29, 0.717) is 18.7 Å². The van der Waals surface area contributed by atoms with Gasteiger partial charge in [0.05, 0.1) is 5.41 Å². The van der Waals surface area contributed by atoms with E-state index in [1.807, 2.05) is 30.3 Å². The first-order valence-electron chi connectivity index (χ1n) is 7.55. The topological polar surface area (TPSA) is 92.4 Å². The van der Waals surface area contributed by atoms with Gasteiger partial charge in [-0.3, -0.25) is 9.59 Å². The number of amides is 1. The van der Waals surface area contributed by atoms with E-state index >= 15 is 0 Å². The van der Waals surface area contributed by atoms with E-state index in [1.54, 1.807) is 13.8 Å². The number of carboxylic acid groups (broad SMARTS) is 1. The Bertz CT molecular complexity index is 675. The summed E-state index contributed by atoms with van der Waals surface area (Å²) in [6.45, 7) is 3.66. The van der Waals surface area contributed by atoms with Gasteiger partial charge in [0.2, 0.25) is 5.89 Å². The van der Waals surface area contributed by atoms with Gasteiger partial charge in [0.15, 0.2) is 5.69 Å². The Morgan fingerprint density at radius 1 is 1.22 bits per heavy atom. The zero-order chi connectivity index (χ0) is 16.9. The Kier molecular flexibility index (Phi) is 5.16. The van der Waals surface area contributed by atoms with Crippen molar-refractivity contribution < 1.29 is 19.1 Å². The molecule has 0 unspecified atom stereocenters. The molecule has 0 fully saturated rings. The molecule has 0 bridgehead atoms. The van der Waals surface area contributed by atoms with Crippen LogP contribution < -0.4 is 5.32 Å². The van der Waals surface area contributed by atoms with Gasteiger partial charge in [-0.2, -0.15) is 0 Å². The minimum atomic E-state index is -0.957. The van der Waals surface area contributed by atoms with E-state index < -0.39 is 17.3 Å². The molecule has 0 aliphatic heterocycles. The summed E-state index contributed by atoms with van der Waals surface area (Å²) in [5, 5.41) is 12.0. The molecule has 0 saturated carbocycles. The standard InChI is InChI=1S/C17H20N2O4/c1-3-17(4-2,16(21)22)11-18-14(20)13-10-23-15(19-13)12-8-6-5-7-9-12/h5-10H,3-4,11H2,1-2H3,(H,18,20)(H,21,22). The number of nitrogens with zero attached hydrogens (tertiary/aromatic N) is 1. The molecule has 6 nitrogen and oxygen atoms in total. The lowest BCUT2D eigenvalue weighted by molar-refractivity contribution is -0.149. The third kappa shape index (κ3) is 3.59. The molecule has 1 amide bonds. The average molecular weight is 316 g/mol. The number of carbonyl (C=O) groups excluding carboxylic acids is 1. The van der Waals surface area contributed by atoms with Gasteiger partial charge in [0.1, 0.15) is 6.26 Å². The Labute approximate surface area is 134 Å². The number of aromatic nitrogens is 1. The second kappa shape index (κ2) is 7.09. The molecule has 122 valence electrons. The lowest BCUT2D eigenvalue weighted by Gasteiger charge is -2.26. The minimum absolute atomic E-state index is 0.0572. The van der Waals surface area contributed by atoms with Crippen molar-refractivity contribution in [3.63, 3.8) is 0 Å².